The fourth-order valence-electron chi connectivity index (χ4n) is 1.54. The van der Waals surface area contributed by atoms with Gasteiger partial charge in [-0.3, -0.25) is 0 Å². The van der Waals surface area contributed by atoms with Gasteiger partial charge < -0.3 is 14.6 Å². The van der Waals surface area contributed by atoms with Crippen molar-refractivity contribution in [3.8, 4) is 5.88 Å². The van der Waals surface area contributed by atoms with Gasteiger partial charge in [0.15, 0.2) is 0 Å². The Labute approximate surface area is 111 Å². The van der Waals surface area contributed by atoms with E-state index in [1.165, 1.54) is 0 Å². The normalized spacial score (nSPS) is 10.6. The van der Waals surface area contributed by atoms with Crippen LogP contribution in [0.15, 0.2) is 24.5 Å². The highest BCUT2D eigenvalue weighted by Crippen LogP contribution is 2.09. The van der Waals surface area contributed by atoms with Crippen LogP contribution in [0.5, 0.6) is 5.88 Å². The second-order valence-corrected chi connectivity index (χ2v) is 4.26. The first kappa shape index (κ1) is 12.9. The number of hydrogen-bond donors (Lipinski definition) is 1. The van der Waals surface area contributed by atoms with Gasteiger partial charge in [-0.15, -0.1) is 0 Å². The van der Waals surface area contributed by atoms with Crippen LogP contribution in [0.25, 0.3) is 0 Å². The fourth-order valence-corrected chi connectivity index (χ4v) is 1.69. The Morgan fingerprint density at radius 3 is 2.67 bits per heavy atom. The molecule has 0 atom stereocenters. The molecule has 0 saturated heterocycles. The fraction of sp³-hybridized carbons (Fsp3) is 0.333. The van der Waals surface area contributed by atoms with Crippen LogP contribution in [0.3, 0.4) is 0 Å². The average molecular weight is 267 g/mol. The standard InChI is InChI=1S/C12H15ClN4O/c1-17-10(13)7-15-11(17)8-14-5-9-3-4-12(18-2)16-6-9/h3-4,6-7,14H,5,8H2,1-2H3. The summed E-state index contributed by atoms with van der Waals surface area (Å²) < 4.78 is 6.85. The smallest absolute Gasteiger partial charge is 0.212 e. The number of halogens is 1. The summed E-state index contributed by atoms with van der Waals surface area (Å²) in [5.41, 5.74) is 1.09. The molecule has 0 fully saturated rings. The van der Waals surface area contributed by atoms with Crippen molar-refractivity contribution in [2.75, 3.05) is 7.11 Å². The van der Waals surface area contributed by atoms with Gasteiger partial charge >= 0.3 is 0 Å². The molecule has 2 heterocycles. The van der Waals surface area contributed by atoms with E-state index >= 15 is 0 Å². The van der Waals surface area contributed by atoms with E-state index in [0.29, 0.717) is 17.6 Å². The van der Waals surface area contributed by atoms with Crippen molar-refractivity contribution in [3.63, 3.8) is 0 Å². The van der Waals surface area contributed by atoms with Gasteiger partial charge in [-0.2, -0.15) is 0 Å². The molecule has 0 aliphatic rings. The molecule has 0 aromatic carbocycles. The van der Waals surface area contributed by atoms with Gasteiger partial charge in [-0.1, -0.05) is 17.7 Å². The molecule has 2 rings (SSSR count). The molecule has 6 heteroatoms. The largest absolute Gasteiger partial charge is 0.481 e. The first-order valence-corrected chi connectivity index (χ1v) is 5.94. The van der Waals surface area contributed by atoms with Crippen LogP contribution < -0.4 is 10.1 Å². The highest BCUT2D eigenvalue weighted by Gasteiger charge is 2.03. The predicted octanol–water partition coefficient (Wildman–Crippen LogP) is 1.77. The third-order valence-corrected chi connectivity index (χ3v) is 3.00. The highest BCUT2D eigenvalue weighted by molar-refractivity contribution is 6.29. The van der Waals surface area contributed by atoms with Crippen molar-refractivity contribution < 1.29 is 4.74 Å². The number of pyridine rings is 1. The lowest BCUT2D eigenvalue weighted by Crippen LogP contribution is -2.16. The zero-order chi connectivity index (χ0) is 13.0. The van der Waals surface area contributed by atoms with Crippen LogP contribution in [-0.2, 0) is 20.1 Å². The summed E-state index contributed by atoms with van der Waals surface area (Å²) in [4.78, 5) is 8.35. The maximum absolute atomic E-state index is 5.91. The Hall–Kier alpha value is -1.59. The SMILES string of the molecule is COc1ccc(CNCc2ncc(Cl)n2C)cn1. The molecule has 5 nitrogen and oxygen atoms in total. The molecule has 0 aliphatic carbocycles. The quantitative estimate of drug-likeness (QED) is 0.896. The second kappa shape index (κ2) is 5.84. The number of nitrogens with zero attached hydrogens (tertiary/aromatic N) is 3. The van der Waals surface area contributed by atoms with Crippen LogP contribution in [0.2, 0.25) is 5.15 Å². The second-order valence-electron chi connectivity index (χ2n) is 3.87. The van der Waals surface area contributed by atoms with Gasteiger partial charge in [0, 0.05) is 25.9 Å². The molecular weight excluding hydrogens is 252 g/mol. The monoisotopic (exact) mass is 266 g/mol. The number of methoxy groups -OCH3 is 1. The van der Waals surface area contributed by atoms with Crippen molar-refractivity contribution in [2.24, 2.45) is 7.05 Å². The van der Waals surface area contributed by atoms with E-state index in [1.807, 2.05) is 23.7 Å². The van der Waals surface area contributed by atoms with E-state index in [1.54, 1.807) is 19.5 Å². The molecule has 0 radical (unpaired) electrons. The van der Waals surface area contributed by atoms with E-state index in [4.69, 9.17) is 16.3 Å². The summed E-state index contributed by atoms with van der Waals surface area (Å²) in [7, 11) is 3.49. The lowest BCUT2D eigenvalue weighted by molar-refractivity contribution is 0.397. The van der Waals surface area contributed by atoms with E-state index in [9.17, 15) is 0 Å². The molecule has 0 spiro atoms. The van der Waals surface area contributed by atoms with Crippen molar-refractivity contribution in [1.29, 1.82) is 0 Å². The molecule has 0 amide bonds. The van der Waals surface area contributed by atoms with Crippen LogP contribution in [0, 0.1) is 0 Å². The predicted molar refractivity (Wildman–Crippen MR) is 69.6 cm³/mol. The topological polar surface area (TPSA) is 52.0 Å². The minimum Gasteiger partial charge on any atom is -0.481 e. The summed E-state index contributed by atoms with van der Waals surface area (Å²) in [5, 5.41) is 3.92. The Kier molecular flexibility index (Phi) is 4.17. The van der Waals surface area contributed by atoms with Gasteiger partial charge in [0.05, 0.1) is 19.9 Å². The molecule has 0 saturated carbocycles. The van der Waals surface area contributed by atoms with Crippen molar-refractivity contribution in [1.82, 2.24) is 19.9 Å². The third kappa shape index (κ3) is 3.00. The van der Waals surface area contributed by atoms with Gasteiger partial charge in [-0.05, 0) is 5.56 Å². The Balaban J connectivity index is 1.86. The molecule has 0 unspecified atom stereocenters. The van der Waals surface area contributed by atoms with Crippen molar-refractivity contribution >= 4 is 11.6 Å². The molecule has 18 heavy (non-hydrogen) atoms. The third-order valence-electron chi connectivity index (χ3n) is 2.65. The van der Waals surface area contributed by atoms with Gasteiger partial charge in [-0.25, -0.2) is 9.97 Å². The lowest BCUT2D eigenvalue weighted by atomic mass is 10.3. The van der Waals surface area contributed by atoms with Crippen LogP contribution in [-0.4, -0.2) is 21.6 Å². The van der Waals surface area contributed by atoms with Crippen molar-refractivity contribution in [3.05, 3.63) is 41.1 Å². The van der Waals surface area contributed by atoms with Crippen molar-refractivity contribution in [2.45, 2.75) is 13.1 Å². The van der Waals surface area contributed by atoms with Crippen LogP contribution in [0.4, 0.5) is 0 Å². The summed E-state index contributed by atoms with van der Waals surface area (Å²) in [6.45, 7) is 1.39. The summed E-state index contributed by atoms with van der Waals surface area (Å²) in [6, 6.07) is 3.82. The molecule has 0 aliphatic heterocycles. The molecule has 0 bridgehead atoms. The van der Waals surface area contributed by atoms with E-state index in [-0.39, 0.29) is 0 Å². The minimum absolute atomic E-state index is 0.620. The van der Waals surface area contributed by atoms with Crippen LogP contribution in [0.1, 0.15) is 11.4 Å². The number of nitrogens with one attached hydrogen (secondary N) is 1. The maximum Gasteiger partial charge on any atom is 0.212 e. The zero-order valence-corrected chi connectivity index (χ0v) is 11.1. The average Bonchev–Trinajstić information content (AvgIpc) is 2.71. The maximum atomic E-state index is 5.91. The van der Waals surface area contributed by atoms with E-state index in [2.05, 4.69) is 15.3 Å². The molecule has 96 valence electrons. The number of rotatable bonds is 5. The first-order chi connectivity index (χ1) is 8.70. The number of aromatic nitrogens is 3. The zero-order valence-electron chi connectivity index (χ0n) is 10.4. The molecule has 1 N–H and O–H groups in total. The summed E-state index contributed by atoms with van der Waals surface area (Å²) in [6.07, 6.45) is 3.44. The summed E-state index contributed by atoms with van der Waals surface area (Å²) >= 11 is 5.91. The molecule has 2 aromatic heterocycles. The lowest BCUT2D eigenvalue weighted by Gasteiger charge is -2.06. The number of hydrogen-bond acceptors (Lipinski definition) is 4. The Morgan fingerprint density at radius 2 is 2.11 bits per heavy atom. The van der Waals surface area contributed by atoms with Gasteiger partial charge in [0.25, 0.3) is 0 Å². The van der Waals surface area contributed by atoms with E-state index in [0.717, 1.165) is 17.9 Å². The van der Waals surface area contributed by atoms with E-state index < -0.39 is 0 Å². The molecule has 2 aromatic rings. The Bertz CT molecular complexity index is 509. The van der Waals surface area contributed by atoms with Crippen LogP contribution >= 0.6 is 11.6 Å². The van der Waals surface area contributed by atoms with Gasteiger partial charge in [0.1, 0.15) is 11.0 Å². The van der Waals surface area contributed by atoms with Gasteiger partial charge in [0.2, 0.25) is 5.88 Å². The Morgan fingerprint density at radius 1 is 1.28 bits per heavy atom. The number of ether oxygens (including phenoxy) is 1. The minimum atomic E-state index is 0.620. The molecular formula is C12H15ClN4O. The highest BCUT2D eigenvalue weighted by atomic mass is 35.5. The summed E-state index contributed by atoms with van der Waals surface area (Å²) in [5.74, 6) is 1.52. The number of imidazole rings is 1. The first-order valence-electron chi connectivity index (χ1n) is 5.56.